The third-order valence-corrected chi connectivity index (χ3v) is 3.70. The van der Waals surface area contributed by atoms with Crippen molar-refractivity contribution in [3.05, 3.63) is 34.9 Å². The first-order valence-electron chi connectivity index (χ1n) is 6.70. The van der Waals surface area contributed by atoms with Crippen LogP contribution in [0.25, 0.3) is 0 Å². The number of rotatable bonds is 3. The average molecular weight is 217 g/mol. The van der Waals surface area contributed by atoms with E-state index in [1.54, 1.807) is 0 Å². The number of aryl methyl sites for hydroxylation is 2. The quantitative estimate of drug-likeness (QED) is 0.815. The van der Waals surface area contributed by atoms with Crippen LogP contribution in [0.3, 0.4) is 0 Å². The summed E-state index contributed by atoms with van der Waals surface area (Å²) in [7, 11) is 0. The summed E-state index contributed by atoms with van der Waals surface area (Å²) in [5.74, 6) is 0. The highest BCUT2D eigenvalue weighted by molar-refractivity contribution is 5.34. The highest BCUT2D eigenvalue weighted by Gasteiger charge is 2.15. The van der Waals surface area contributed by atoms with Crippen LogP contribution in [0.4, 0.5) is 0 Å². The molecule has 0 bridgehead atoms. The summed E-state index contributed by atoms with van der Waals surface area (Å²) in [5, 5.41) is 3.62. The Kier molecular flexibility index (Phi) is 4.00. The monoisotopic (exact) mass is 217 g/mol. The lowest BCUT2D eigenvalue weighted by atomic mass is 9.93. The second-order valence-corrected chi connectivity index (χ2v) is 4.74. The lowest BCUT2D eigenvalue weighted by Gasteiger charge is -2.24. The topological polar surface area (TPSA) is 12.0 Å². The number of hydrogen-bond acceptors (Lipinski definition) is 1. The van der Waals surface area contributed by atoms with Crippen LogP contribution < -0.4 is 5.32 Å². The molecule has 0 saturated carbocycles. The van der Waals surface area contributed by atoms with Gasteiger partial charge in [-0.25, -0.2) is 0 Å². The highest BCUT2D eigenvalue weighted by atomic mass is 14.9. The molecule has 0 aliphatic carbocycles. The fourth-order valence-corrected chi connectivity index (χ4v) is 2.67. The smallest absolute Gasteiger partial charge is 0.0320 e. The van der Waals surface area contributed by atoms with Crippen molar-refractivity contribution in [1.29, 1.82) is 0 Å². The standard InChI is InChI=1S/C15H23N/c1-3-12-8-9-14(11-13(12)4-2)15-7-5-6-10-16-15/h8-9,11,15-16H,3-7,10H2,1-2H3. The summed E-state index contributed by atoms with van der Waals surface area (Å²) in [6.07, 6.45) is 6.32. The van der Waals surface area contributed by atoms with Crippen LogP contribution >= 0.6 is 0 Å². The molecule has 0 radical (unpaired) electrons. The third kappa shape index (κ3) is 2.46. The first-order valence-corrected chi connectivity index (χ1v) is 6.70. The van der Waals surface area contributed by atoms with Gasteiger partial charge in [0, 0.05) is 6.04 Å². The minimum atomic E-state index is 0.602. The Bertz CT molecular complexity index is 337. The molecule has 16 heavy (non-hydrogen) atoms. The molecule has 0 amide bonds. The molecule has 0 aromatic heterocycles. The first kappa shape index (κ1) is 11.7. The Balaban J connectivity index is 2.20. The molecule has 1 aliphatic rings. The number of piperidine rings is 1. The van der Waals surface area contributed by atoms with Gasteiger partial charge in [0.05, 0.1) is 0 Å². The zero-order chi connectivity index (χ0) is 11.4. The molecule has 1 aromatic rings. The molecule has 1 aliphatic heterocycles. The Morgan fingerprint density at radius 2 is 1.94 bits per heavy atom. The number of hydrogen-bond donors (Lipinski definition) is 1. The predicted octanol–water partition coefficient (Wildman–Crippen LogP) is 3.63. The second kappa shape index (κ2) is 5.49. The molecule has 0 spiro atoms. The largest absolute Gasteiger partial charge is 0.310 e. The van der Waals surface area contributed by atoms with Crippen molar-refractivity contribution in [1.82, 2.24) is 5.32 Å². The molecule has 1 saturated heterocycles. The average Bonchev–Trinajstić information content (AvgIpc) is 2.39. The van der Waals surface area contributed by atoms with Crippen LogP contribution in [-0.4, -0.2) is 6.54 Å². The van der Waals surface area contributed by atoms with Gasteiger partial charge in [0.25, 0.3) is 0 Å². The maximum atomic E-state index is 3.62. The highest BCUT2D eigenvalue weighted by Crippen LogP contribution is 2.25. The Labute approximate surface area is 99.3 Å². The summed E-state index contributed by atoms with van der Waals surface area (Å²) in [5.41, 5.74) is 4.54. The van der Waals surface area contributed by atoms with Gasteiger partial charge >= 0.3 is 0 Å². The Hall–Kier alpha value is -0.820. The van der Waals surface area contributed by atoms with Gasteiger partial charge < -0.3 is 5.32 Å². The van der Waals surface area contributed by atoms with Gasteiger partial charge in [0.15, 0.2) is 0 Å². The fraction of sp³-hybridized carbons (Fsp3) is 0.600. The normalized spacial score (nSPS) is 21.0. The van der Waals surface area contributed by atoms with E-state index in [4.69, 9.17) is 0 Å². The SMILES string of the molecule is CCc1ccc(C2CCCCN2)cc1CC. The molecule has 1 unspecified atom stereocenters. The van der Waals surface area contributed by atoms with Crippen molar-refractivity contribution in [2.45, 2.75) is 52.0 Å². The van der Waals surface area contributed by atoms with Crippen molar-refractivity contribution >= 4 is 0 Å². The van der Waals surface area contributed by atoms with Crippen molar-refractivity contribution in [2.24, 2.45) is 0 Å². The van der Waals surface area contributed by atoms with Gasteiger partial charge in [-0.05, 0) is 48.9 Å². The maximum Gasteiger partial charge on any atom is 0.0320 e. The van der Waals surface area contributed by atoms with Crippen LogP contribution in [0.5, 0.6) is 0 Å². The molecule has 1 fully saturated rings. The second-order valence-electron chi connectivity index (χ2n) is 4.74. The minimum absolute atomic E-state index is 0.602. The lowest BCUT2D eigenvalue weighted by molar-refractivity contribution is 0.412. The van der Waals surface area contributed by atoms with Crippen LogP contribution in [0.15, 0.2) is 18.2 Å². The van der Waals surface area contributed by atoms with E-state index in [2.05, 4.69) is 37.4 Å². The van der Waals surface area contributed by atoms with Crippen molar-refractivity contribution in [3.8, 4) is 0 Å². The first-order chi connectivity index (χ1) is 7.85. The molecular weight excluding hydrogens is 194 g/mol. The molecule has 1 heterocycles. The summed E-state index contributed by atoms with van der Waals surface area (Å²) in [4.78, 5) is 0. The van der Waals surface area contributed by atoms with E-state index >= 15 is 0 Å². The number of benzene rings is 1. The molecular formula is C15H23N. The zero-order valence-corrected chi connectivity index (χ0v) is 10.6. The van der Waals surface area contributed by atoms with Crippen LogP contribution in [0.1, 0.15) is 55.8 Å². The molecule has 1 N–H and O–H groups in total. The van der Waals surface area contributed by atoms with Crippen molar-refractivity contribution in [2.75, 3.05) is 6.54 Å². The predicted molar refractivity (Wildman–Crippen MR) is 69.8 cm³/mol. The lowest BCUT2D eigenvalue weighted by Crippen LogP contribution is -2.26. The van der Waals surface area contributed by atoms with E-state index in [1.165, 1.54) is 42.5 Å². The van der Waals surface area contributed by atoms with E-state index in [1.807, 2.05) is 0 Å². The van der Waals surface area contributed by atoms with E-state index in [9.17, 15) is 0 Å². The Morgan fingerprint density at radius 1 is 1.12 bits per heavy atom. The molecule has 1 atom stereocenters. The summed E-state index contributed by atoms with van der Waals surface area (Å²) < 4.78 is 0. The van der Waals surface area contributed by atoms with Gasteiger partial charge in [-0.3, -0.25) is 0 Å². The Morgan fingerprint density at radius 3 is 2.56 bits per heavy atom. The molecule has 1 heteroatoms. The summed E-state index contributed by atoms with van der Waals surface area (Å²) in [6.45, 7) is 5.68. The van der Waals surface area contributed by atoms with Crippen LogP contribution in [0.2, 0.25) is 0 Å². The number of nitrogens with one attached hydrogen (secondary N) is 1. The summed E-state index contributed by atoms with van der Waals surface area (Å²) >= 11 is 0. The minimum Gasteiger partial charge on any atom is -0.310 e. The van der Waals surface area contributed by atoms with Gasteiger partial charge in [-0.1, -0.05) is 38.5 Å². The molecule has 88 valence electrons. The fourth-order valence-electron chi connectivity index (χ4n) is 2.67. The van der Waals surface area contributed by atoms with Gasteiger partial charge in [-0.2, -0.15) is 0 Å². The molecule has 1 aromatic carbocycles. The van der Waals surface area contributed by atoms with Crippen LogP contribution in [-0.2, 0) is 12.8 Å². The van der Waals surface area contributed by atoms with Gasteiger partial charge in [-0.15, -0.1) is 0 Å². The van der Waals surface area contributed by atoms with E-state index < -0.39 is 0 Å². The third-order valence-electron chi connectivity index (χ3n) is 3.70. The molecule has 2 rings (SSSR count). The van der Waals surface area contributed by atoms with Crippen LogP contribution in [0, 0.1) is 0 Å². The van der Waals surface area contributed by atoms with Gasteiger partial charge in [0.1, 0.15) is 0 Å². The van der Waals surface area contributed by atoms with Crippen molar-refractivity contribution in [3.63, 3.8) is 0 Å². The van der Waals surface area contributed by atoms with Crippen molar-refractivity contribution < 1.29 is 0 Å². The van der Waals surface area contributed by atoms with E-state index in [0.717, 1.165) is 12.8 Å². The van der Waals surface area contributed by atoms with E-state index in [0.29, 0.717) is 6.04 Å². The summed E-state index contributed by atoms with van der Waals surface area (Å²) in [6, 6.07) is 7.66. The molecule has 1 nitrogen and oxygen atoms in total. The van der Waals surface area contributed by atoms with E-state index in [-0.39, 0.29) is 0 Å². The zero-order valence-electron chi connectivity index (χ0n) is 10.6. The maximum absolute atomic E-state index is 3.62. The van der Waals surface area contributed by atoms with Gasteiger partial charge in [0.2, 0.25) is 0 Å².